The highest BCUT2D eigenvalue weighted by molar-refractivity contribution is 5.85. The molecule has 1 aliphatic rings. The smallest absolute Gasteiger partial charge is 0.219 e. The van der Waals surface area contributed by atoms with E-state index in [-0.39, 0.29) is 18.3 Å². The van der Waals surface area contributed by atoms with Gasteiger partial charge in [-0.2, -0.15) is 0 Å². The van der Waals surface area contributed by atoms with E-state index in [1.807, 2.05) is 7.05 Å². The van der Waals surface area contributed by atoms with Gasteiger partial charge in [0.05, 0.1) is 0 Å². The fourth-order valence-electron chi connectivity index (χ4n) is 2.61. The monoisotopic (exact) mass is 276 g/mol. The van der Waals surface area contributed by atoms with E-state index in [1.54, 1.807) is 0 Å². The van der Waals surface area contributed by atoms with Gasteiger partial charge in [0.15, 0.2) is 0 Å². The van der Waals surface area contributed by atoms with Crippen molar-refractivity contribution in [1.29, 1.82) is 0 Å². The maximum Gasteiger partial charge on any atom is 0.219 e. The third kappa shape index (κ3) is 8.76. The molecule has 0 spiro atoms. The Kier molecular flexibility index (Phi) is 11.6. The normalized spacial score (nSPS) is 16.1. The SMILES string of the molecule is CNCCCNC(=O)CCCC1CCCCC1.Cl. The zero-order chi connectivity index (χ0) is 12.3. The van der Waals surface area contributed by atoms with Crippen LogP contribution in [0.1, 0.15) is 57.8 Å². The highest BCUT2D eigenvalue weighted by atomic mass is 35.5. The second-order valence-corrected chi connectivity index (χ2v) is 5.20. The Morgan fingerprint density at radius 2 is 1.83 bits per heavy atom. The molecule has 0 heterocycles. The molecule has 0 aromatic carbocycles. The van der Waals surface area contributed by atoms with E-state index in [2.05, 4.69) is 10.6 Å². The lowest BCUT2D eigenvalue weighted by atomic mass is 9.86. The van der Waals surface area contributed by atoms with Crippen LogP contribution >= 0.6 is 12.4 Å². The second-order valence-electron chi connectivity index (χ2n) is 5.20. The Bertz CT molecular complexity index is 206. The second kappa shape index (κ2) is 11.8. The lowest BCUT2D eigenvalue weighted by Crippen LogP contribution is -2.26. The van der Waals surface area contributed by atoms with E-state index in [1.165, 1.54) is 38.5 Å². The summed E-state index contributed by atoms with van der Waals surface area (Å²) < 4.78 is 0. The number of nitrogens with one attached hydrogen (secondary N) is 2. The lowest BCUT2D eigenvalue weighted by molar-refractivity contribution is -0.121. The summed E-state index contributed by atoms with van der Waals surface area (Å²) >= 11 is 0. The minimum absolute atomic E-state index is 0. The van der Waals surface area contributed by atoms with Crippen molar-refractivity contribution in [3.63, 3.8) is 0 Å². The highest BCUT2D eigenvalue weighted by Gasteiger charge is 2.13. The van der Waals surface area contributed by atoms with Crippen molar-refractivity contribution in [2.75, 3.05) is 20.1 Å². The van der Waals surface area contributed by atoms with Crippen molar-refractivity contribution >= 4 is 18.3 Å². The Balaban J connectivity index is 0.00000289. The van der Waals surface area contributed by atoms with Crippen LogP contribution < -0.4 is 10.6 Å². The number of halogens is 1. The molecule has 18 heavy (non-hydrogen) atoms. The molecule has 0 radical (unpaired) electrons. The fourth-order valence-corrected chi connectivity index (χ4v) is 2.61. The summed E-state index contributed by atoms with van der Waals surface area (Å²) in [5, 5.41) is 6.05. The molecule has 4 heteroatoms. The molecule has 3 nitrogen and oxygen atoms in total. The van der Waals surface area contributed by atoms with Crippen molar-refractivity contribution < 1.29 is 4.79 Å². The van der Waals surface area contributed by atoms with Gasteiger partial charge in [0.1, 0.15) is 0 Å². The standard InChI is InChI=1S/C14H28N2O.ClH/c1-15-11-6-12-16-14(17)10-5-9-13-7-3-2-4-8-13;/h13,15H,2-12H2,1H3,(H,16,17);1H. The van der Waals surface area contributed by atoms with Gasteiger partial charge in [-0.15, -0.1) is 12.4 Å². The molecule has 1 fully saturated rings. The van der Waals surface area contributed by atoms with Gasteiger partial charge in [-0.25, -0.2) is 0 Å². The molecule has 1 saturated carbocycles. The fraction of sp³-hybridized carbons (Fsp3) is 0.929. The number of hydrogen-bond acceptors (Lipinski definition) is 2. The quantitative estimate of drug-likeness (QED) is 0.670. The summed E-state index contributed by atoms with van der Waals surface area (Å²) in [7, 11) is 1.94. The molecule has 1 aliphatic carbocycles. The molecular formula is C14H29ClN2O. The highest BCUT2D eigenvalue weighted by Crippen LogP contribution is 2.27. The van der Waals surface area contributed by atoms with Gasteiger partial charge in [-0.05, 0) is 38.8 Å². The lowest BCUT2D eigenvalue weighted by Gasteiger charge is -2.21. The molecule has 0 bridgehead atoms. The summed E-state index contributed by atoms with van der Waals surface area (Å²) in [5.74, 6) is 1.14. The number of carbonyl (C=O) groups is 1. The minimum Gasteiger partial charge on any atom is -0.356 e. The van der Waals surface area contributed by atoms with Crippen LogP contribution in [0, 0.1) is 5.92 Å². The van der Waals surface area contributed by atoms with Gasteiger partial charge in [0.25, 0.3) is 0 Å². The Morgan fingerprint density at radius 1 is 1.11 bits per heavy atom. The van der Waals surface area contributed by atoms with Crippen LogP contribution in [0.15, 0.2) is 0 Å². The van der Waals surface area contributed by atoms with Crippen LogP contribution in [-0.4, -0.2) is 26.0 Å². The molecule has 0 unspecified atom stereocenters. The number of carbonyl (C=O) groups excluding carboxylic acids is 1. The molecule has 0 saturated heterocycles. The summed E-state index contributed by atoms with van der Waals surface area (Å²) in [6.07, 6.45) is 11.1. The topological polar surface area (TPSA) is 41.1 Å². The van der Waals surface area contributed by atoms with E-state index in [9.17, 15) is 4.79 Å². The first-order chi connectivity index (χ1) is 8.33. The first kappa shape index (κ1) is 17.7. The summed E-state index contributed by atoms with van der Waals surface area (Å²) in [5.41, 5.74) is 0. The van der Waals surface area contributed by atoms with Crippen LogP contribution in [0.4, 0.5) is 0 Å². The number of amides is 1. The van der Waals surface area contributed by atoms with Crippen LogP contribution in [-0.2, 0) is 4.79 Å². The van der Waals surface area contributed by atoms with E-state index in [0.717, 1.165) is 38.3 Å². The van der Waals surface area contributed by atoms with Gasteiger partial charge in [0.2, 0.25) is 5.91 Å². The van der Waals surface area contributed by atoms with Crippen LogP contribution in [0.25, 0.3) is 0 Å². The third-order valence-corrected chi connectivity index (χ3v) is 3.67. The largest absolute Gasteiger partial charge is 0.356 e. The molecule has 0 aromatic heterocycles. The molecule has 2 N–H and O–H groups in total. The van der Waals surface area contributed by atoms with E-state index >= 15 is 0 Å². The summed E-state index contributed by atoms with van der Waals surface area (Å²) in [6.45, 7) is 1.78. The van der Waals surface area contributed by atoms with Crippen molar-refractivity contribution in [2.24, 2.45) is 5.92 Å². The van der Waals surface area contributed by atoms with Crippen LogP contribution in [0.2, 0.25) is 0 Å². The van der Waals surface area contributed by atoms with Crippen molar-refractivity contribution in [3.8, 4) is 0 Å². The summed E-state index contributed by atoms with van der Waals surface area (Å²) in [4.78, 5) is 11.5. The molecule has 0 atom stereocenters. The molecule has 0 aromatic rings. The zero-order valence-electron chi connectivity index (χ0n) is 11.7. The van der Waals surface area contributed by atoms with Gasteiger partial charge in [-0.1, -0.05) is 32.1 Å². The predicted molar refractivity (Wildman–Crippen MR) is 79.2 cm³/mol. The van der Waals surface area contributed by atoms with Crippen LogP contribution in [0.3, 0.4) is 0 Å². The van der Waals surface area contributed by atoms with Crippen molar-refractivity contribution in [3.05, 3.63) is 0 Å². The predicted octanol–water partition coefficient (Wildman–Crippen LogP) is 2.88. The van der Waals surface area contributed by atoms with Gasteiger partial charge < -0.3 is 10.6 Å². The first-order valence-corrected chi connectivity index (χ1v) is 7.24. The average Bonchev–Trinajstić information content (AvgIpc) is 2.36. The van der Waals surface area contributed by atoms with Crippen molar-refractivity contribution in [2.45, 2.75) is 57.8 Å². The number of hydrogen-bond donors (Lipinski definition) is 2. The minimum atomic E-state index is 0. The van der Waals surface area contributed by atoms with E-state index in [0.29, 0.717) is 0 Å². The van der Waals surface area contributed by atoms with Crippen LogP contribution in [0.5, 0.6) is 0 Å². The first-order valence-electron chi connectivity index (χ1n) is 7.24. The van der Waals surface area contributed by atoms with E-state index < -0.39 is 0 Å². The zero-order valence-corrected chi connectivity index (χ0v) is 12.5. The van der Waals surface area contributed by atoms with Gasteiger partial charge in [-0.3, -0.25) is 4.79 Å². The molecule has 1 amide bonds. The maximum atomic E-state index is 11.5. The van der Waals surface area contributed by atoms with Gasteiger partial charge >= 0.3 is 0 Å². The molecule has 108 valence electrons. The van der Waals surface area contributed by atoms with Gasteiger partial charge in [0, 0.05) is 13.0 Å². The molecule has 0 aliphatic heterocycles. The third-order valence-electron chi connectivity index (χ3n) is 3.67. The Labute approximate surface area is 118 Å². The Hall–Kier alpha value is -0.280. The van der Waals surface area contributed by atoms with E-state index in [4.69, 9.17) is 0 Å². The molecular weight excluding hydrogens is 248 g/mol. The molecule has 1 rings (SSSR count). The number of rotatable bonds is 8. The summed E-state index contributed by atoms with van der Waals surface area (Å²) in [6, 6.07) is 0. The van der Waals surface area contributed by atoms with Crippen molar-refractivity contribution in [1.82, 2.24) is 10.6 Å². The maximum absolute atomic E-state index is 11.5. The average molecular weight is 277 g/mol. The Morgan fingerprint density at radius 3 is 2.50 bits per heavy atom.